The van der Waals surface area contributed by atoms with E-state index < -0.39 is 0 Å². The molecule has 1 aromatic heterocycles. The van der Waals surface area contributed by atoms with Crippen molar-refractivity contribution in [3.63, 3.8) is 0 Å². The second-order valence-electron chi connectivity index (χ2n) is 5.08. The average Bonchev–Trinajstić information content (AvgIpc) is 2.90. The van der Waals surface area contributed by atoms with Crippen LogP contribution in [0, 0.1) is 5.92 Å². The third kappa shape index (κ3) is 3.13. The van der Waals surface area contributed by atoms with Gasteiger partial charge in [-0.05, 0) is 37.4 Å². The van der Waals surface area contributed by atoms with E-state index in [9.17, 15) is 4.79 Å². The predicted octanol–water partition coefficient (Wildman–Crippen LogP) is 2.02. The number of likely N-dealkylation sites (N-methyl/N-ethyl adjacent to an activating group) is 1. The minimum absolute atomic E-state index is 0.0244. The molecule has 2 rings (SSSR count). The van der Waals surface area contributed by atoms with Crippen LogP contribution in [0.15, 0.2) is 22.8 Å². The van der Waals surface area contributed by atoms with Crippen LogP contribution in [0.5, 0.6) is 0 Å². The molecule has 18 heavy (non-hydrogen) atoms. The van der Waals surface area contributed by atoms with Gasteiger partial charge in [-0.3, -0.25) is 4.79 Å². The highest BCUT2D eigenvalue weighted by molar-refractivity contribution is 5.81. The molecule has 1 amide bonds. The largest absolute Gasteiger partial charge is 0.467 e. The summed E-state index contributed by atoms with van der Waals surface area (Å²) in [5.74, 6) is 1.68. The van der Waals surface area contributed by atoms with Gasteiger partial charge in [0.05, 0.1) is 18.8 Å². The first kappa shape index (κ1) is 13.1. The highest BCUT2D eigenvalue weighted by Crippen LogP contribution is 2.20. The number of nitrogens with zero attached hydrogens (tertiary/aromatic N) is 1. The predicted molar refractivity (Wildman–Crippen MR) is 70.0 cm³/mol. The number of piperidine rings is 1. The van der Waals surface area contributed by atoms with Gasteiger partial charge in [-0.1, -0.05) is 13.3 Å². The molecule has 1 aliphatic rings. The summed E-state index contributed by atoms with van der Waals surface area (Å²) in [4.78, 5) is 14.1. The zero-order valence-corrected chi connectivity index (χ0v) is 11.2. The average molecular weight is 250 g/mol. The van der Waals surface area contributed by atoms with Crippen LogP contribution in [0.1, 0.15) is 31.9 Å². The molecular formula is C14H22N2O2. The van der Waals surface area contributed by atoms with Gasteiger partial charge in [0, 0.05) is 7.05 Å². The monoisotopic (exact) mass is 250 g/mol. The van der Waals surface area contributed by atoms with Crippen molar-refractivity contribution in [2.75, 3.05) is 13.6 Å². The molecule has 100 valence electrons. The van der Waals surface area contributed by atoms with Gasteiger partial charge < -0.3 is 14.6 Å². The Labute approximate surface area is 108 Å². The van der Waals surface area contributed by atoms with Crippen molar-refractivity contribution in [1.29, 1.82) is 0 Å². The zero-order valence-electron chi connectivity index (χ0n) is 11.2. The van der Waals surface area contributed by atoms with Crippen LogP contribution in [0.25, 0.3) is 0 Å². The normalized spacial score (nSPS) is 23.9. The molecule has 4 nitrogen and oxygen atoms in total. The number of hydrogen-bond acceptors (Lipinski definition) is 3. The second-order valence-corrected chi connectivity index (χ2v) is 5.08. The summed E-state index contributed by atoms with van der Waals surface area (Å²) in [6.07, 6.45) is 4.94. The standard InChI is InChI=1S/C14H22N2O2/c1-3-11-6-7-15-13(9-11)14(17)16(2)10-12-5-4-8-18-12/h4-5,8,11,13,15H,3,6-7,9-10H2,1-2H3. The lowest BCUT2D eigenvalue weighted by molar-refractivity contribution is -0.133. The topological polar surface area (TPSA) is 45.5 Å². The van der Waals surface area contributed by atoms with Crippen molar-refractivity contribution in [2.24, 2.45) is 5.92 Å². The van der Waals surface area contributed by atoms with Crippen molar-refractivity contribution >= 4 is 5.91 Å². The molecule has 2 heterocycles. The lowest BCUT2D eigenvalue weighted by Gasteiger charge is -2.31. The molecule has 1 aromatic rings. The molecule has 1 fully saturated rings. The van der Waals surface area contributed by atoms with E-state index in [0.717, 1.165) is 25.1 Å². The third-order valence-corrected chi connectivity index (χ3v) is 3.74. The van der Waals surface area contributed by atoms with E-state index in [4.69, 9.17) is 4.42 Å². The van der Waals surface area contributed by atoms with E-state index in [1.165, 1.54) is 6.42 Å². The first-order chi connectivity index (χ1) is 8.70. The molecule has 0 bridgehead atoms. The van der Waals surface area contributed by atoms with Gasteiger partial charge in [-0.15, -0.1) is 0 Å². The first-order valence-corrected chi connectivity index (χ1v) is 6.71. The Balaban J connectivity index is 1.89. The van der Waals surface area contributed by atoms with E-state index in [-0.39, 0.29) is 11.9 Å². The van der Waals surface area contributed by atoms with E-state index in [1.807, 2.05) is 19.2 Å². The Morgan fingerprint density at radius 2 is 2.44 bits per heavy atom. The summed E-state index contributed by atoms with van der Waals surface area (Å²) in [6.45, 7) is 3.69. The van der Waals surface area contributed by atoms with Crippen molar-refractivity contribution in [2.45, 2.75) is 38.8 Å². The minimum atomic E-state index is -0.0244. The summed E-state index contributed by atoms with van der Waals surface area (Å²) < 4.78 is 5.27. The van der Waals surface area contributed by atoms with E-state index in [0.29, 0.717) is 12.5 Å². The van der Waals surface area contributed by atoms with E-state index >= 15 is 0 Å². The van der Waals surface area contributed by atoms with Crippen LogP contribution in [0.4, 0.5) is 0 Å². The molecule has 1 aliphatic heterocycles. The molecule has 0 radical (unpaired) electrons. The van der Waals surface area contributed by atoms with Crippen LogP contribution in [0.3, 0.4) is 0 Å². The molecule has 1 N–H and O–H groups in total. The molecule has 0 spiro atoms. The maximum Gasteiger partial charge on any atom is 0.239 e. The number of hydrogen-bond donors (Lipinski definition) is 1. The summed E-state index contributed by atoms with van der Waals surface area (Å²) >= 11 is 0. The van der Waals surface area contributed by atoms with Crippen molar-refractivity contribution in [3.05, 3.63) is 24.2 Å². The molecular weight excluding hydrogens is 228 g/mol. The van der Waals surface area contributed by atoms with Crippen LogP contribution >= 0.6 is 0 Å². The first-order valence-electron chi connectivity index (χ1n) is 6.71. The second kappa shape index (κ2) is 6.05. The van der Waals surface area contributed by atoms with Gasteiger partial charge in [0.1, 0.15) is 5.76 Å². The smallest absolute Gasteiger partial charge is 0.239 e. The number of carbonyl (C=O) groups is 1. The van der Waals surface area contributed by atoms with Gasteiger partial charge in [-0.2, -0.15) is 0 Å². The number of carbonyl (C=O) groups excluding carboxylic acids is 1. The van der Waals surface area contributed by atoms with Crippen LogP contribution < -0.4 is 5.32 Å². The Morgan fingerprint density at radius 3 is 3.11 bits per heavy atom. The van der Waals surface area contributed by atoms with Gasteiger partial charge in [-0.25, -0.2) is 0 Å². The van der Waals surface area contributed by atoms with Gasteiger partial charge in [0.15, 0.2) is 0 Å². The fourth-order valence-electron chi connectivity index (χ4n) is 2.54. The van der Waals surface area contributed by atoms with Crippen molar-refractivity contribution in [3.8, 4) is 0 Å². The maximum absolute atomic E-state index is 12.3. The molecule has 0 aromatic carbocycles. The number of amides is 1. The summed E-state index contributed by atoms with van der Waals surface area (Å²) in [6, 6.07) is 3.72. The Morgan fingerprint density at radius 1 is 1.61 bits per heavy atom. The van der Waals surface area contributed by atoms with Crippen LogP contribution in [-0.2, 0) is 11.3 Å². The highest BCUT2D eigenvalue weighted by atomic mass is 16.3. The van der Waals surface area contributed by atoms with Gasteiger partial charge >= 0.3 is 0 Å². The van der Waals surface area contributed by atoms with Crippen molar-refractivity contribution in [1.82, 2.24) is 10.2 Å². The number of rotatable bonds is 4. The molecule has 2 unspecified atom stereocenters. The van der Waals surface area contributed by atoms with Crippen LogP contribution in [0.2, 0.25) is 0 Å². The third-order valence-electron chi connectivity index (χ3n) is 3.74. The van der Waals surface area contributed by atoms with Gasteiger partial charge in [0.25, 0.3) is 0 Å². The number of furan rings is 1. The lowest BCUT2D eigenvalue weighted by Crippen LogP contribution is -2.48. The van der Waals surface area contributed by atoms with Crippen molar-refractivity contribution < 1.29 is 9.21 Å². The Kier molecular flexibility index (Phi) is 4.42. The molecule has 1 saturated heterocycles. The summed E-state index contributed by atoms with van der Waals surface area (Å²) in [5, 5.41) is 3.32. The van der Waals surface area contributed by atoms with Gasteiger partial charge in [0.2, 0.25) is 5.91 Å². The Hall–Kier alpha value is -1.29. The number of nitrogens with one attached hydrogen (secondary N) is 1. The van der Waals surface area contributed by atoms with Crippen LogP contribution in [-0.4, -0.2) is 30.4 Å². The summed E-state index contributed by atoms with van der Waals surface area (Å²) in [7, 11) is 1.84. The molecule has 2 atom stereocenters. The van der Waals surface area contributed by atoms with E-state index in [1.54, 1.807) is 11.2 Å². The fourth-order valence-corrected chi connectivity index (χ4v) is 2.54. The minimum Gasteiger partial charge on any atom is -0.467 e. The lowest BCUT2D eigenvalue weighted by atomic mass is 9.90. The van der Waals surface area contributed by atoms with E-state index in [2.05, 4.69) is 12.2 Å². The molecule has 0 aliphatic carbocycles. The highest BCUT2D eigenvalue weighted by Gasteiger charge is 2.28. The zero-order chi connectivity index (χ0) is 13.0. The molecule has 4 heteroatoms. The summed E-state index contributed by atoms with van der Waals surface area (Å²) in [5.41, 5.74) is 0. The Bertz CT molecular complexity index is 375. The quantitative estimate of drug-likeness (QED) is 0.889. The fraction of sp³-hybridized carbons (Fsp3) is 0.643. The maximum atomic E-state index is 12.3. The molecule has 0 saturated carbocycles. The SMILES string of the molecule is CCC1CCNC(C(=O)N(C)Cc2ccco2)C1.